The van der Waals surface area contributed by atoms with E-state index in [2.05, 4.69) is 4.99 Å². The third-order valence-electron chi connectivity index (χ3n) is 2.64. The molecule has 0 amide bonds. The minimum absolute atomic E-state index is 0.639. The van der Waals surface area contributed by atoms with Crippen LogP contribution >= 0.6 is 23.2 Å². The Balaban J connectivity index is 2.29. The summed E-state index contributed by atoms with van der Waals surface area (Å²) < 4.78 is 0. The van der Waals surface area contributed by atoms with Crippen LogP contribution < -0.4 is 0 Å². The molecule has 1 fully saturated rings. The molecule has 0 N–H and O–H groups in total. The molecule has 0 aliphatic heterocycles. The van der Waals surface area contributed by atoms with Gasteiger partial charge in [0.15, 0.2) is 0 Å². The number of halogens is 2. The molecule has 0 saturated heterocycles. The van der Waals surface area contributed by atoms with Crippen LogP contribution in [0.5, 0.6) is 0 Å². The number of para-hydroxylation sites is 1. The topological polar surface area (TPSA) is 12.4 Å². The molecule has 0 radical (unpaired) electrons. The SMILES string of the molecule is Clc1cccc(Cl)c1N=C1CCCCC1. The summed E-state index contributed by atoms with van der Waals surface area (Å²) in [5.41, 5.74) is 1.97. The fourth-order valence-corrected chi connectivity index (χ4v) is 2.31. The summed E-state index contributed by atoms with van der Waals surface area (Å²) in [5, 5.41) is 1.28. The van der Waals surface area contributed by atoms with Gasteiger partial charge >= 0.3 is 0 Å². The van der Waals surface area contributed by atoms with Crippen LogP contribution in [0.25, 0.3) is 0 Å². The van der Waals surface area contributed by atoms with Gasteiger partial charge in [-0.1, -0.05) is 35.7 Å². The third kappa shape index (κ3) is 2.73. The standard InChI is InChI=1S/C12H13Cl2N/c13-10-7-4-8-11(14)12(10)15-9-5-2-1-3-6-9/h4,7-8H,1-3,5-6H2. The molecular weight excluding hydrogens is 229 g/mol. The van der Waals surface area contributed by atoms with E-state index in [1.165, 1.54) is 25.0 Å². The van der Waals surface area contributed by atoms with Gasteiger partial charge in [0.25, 0.3) is 0 Å². The Morgan fingerprint density at radius 3 is 2.13 bits per heavy atom. The van der Waals surface area contributed by atoms with Crippen molar-refractivity contribution in [1.29, 1.82) is 0 Å². The maximum atomic E-state index is 6.06. The third-order valence-corrected chi connectivity index (χ3v) is 3.25. The molecule has 3 heteroatoms. The van der Waals surface area contributed by atoms with Crippen LogP contribution in [0.4, 0.5) is 5.69 Å². The van der Waals surface area contributed by atoms with Gasteiger partial charge in [-0.05, 0) is 37.8 Å². The van der Waals surface area contributed by atoms with Crippen molar-refractivity contribution in [3.63, 3.8) is 0 Å². The lowest BCUT2D eigenvalue weighted by molar-refractivity contribution is 0.667. The molecule has 1 aromatic rings. The number of rotatable bonds is 1. The first kappa shape index (κ1) is 11.0. The molecule has 1 saturated carbocycles. The molecule has 0 bridgehead atoms. The molecule has 1 aliphatic carbocycles. The normalized spacial score (nSPS) is 16.5. The van der Waals surface area contributed by atoms with Crippen molar-refractivity contribution in [2.75, 3.05) is 0 Å². The van der Waals surface area contributed by atoms with Crippen molar-refractivity contribution < 1.29 is 0 Å². The van der Waals surface area contributed by atoms with Crippen molar-refractivity contribution in [2.45, 2.75) is 32.1 Å². The second-order valence-electron chi connectivity index (χ2n) is 3.81. The summed E-state index contributed by atoms with van der Waals surface area (Å²) in [4.78, 5) is 4.57. The summed E-state index contributed by atoms with van der Waals surface area (Å²) >= 11 is 12.1. The van der Waals surface area contributed by atoms with Crippen molar-refractivity contribution >= 4 is 34.6 Å². The van der Waals surface area contributed by atoms with Gasteiger partial charge in [-0.2, -0.15) is 0 Å². The minimum atomic E-state index is 0.639. The highest BCUT2D eigenvalue weighted by atomic mass is 35.5. The highest BCUT2D eigenvalue weighted by Crippen LogP contribution is 2.33. The van der Waals surface area contributed by atoms with Crippen LogP contribution in [0.2, 0.25) is 10.0 Å². The van der Waals surface area contributed by atoms with Crippen LogP contribution in [0.1, 0.15) is 32.1 Å². The van der Waals surface area contributed by atoms with Crippen LogP contribution in [0.3, 0.4) is 0 Å². The maximum absolute atomic E-state index is 6.06. The molecule has 0 unspecified atom stereocenters. The quantitative estimate of drug-likeness (QED) is 0.654. The van der Waals surface area contributed by atoms with Gasteiger partial charge in [0, 0.05) is 5.71 Å². The lowest BCUT2D eigenvalue weighted by Crippen LogP contribution is -2.03. The van der Waals surface area contributed by atoms with Gasteiger partial charge in [0.2, 0.25) is 0 Å². The van der Waals surface area contributed by atoms with Gasteiger partial charge in [-0.15, -0.1) is 0 Å². The molecule has 1 aromatic carbocycles. The smallest absolute Gasteiger partial charge is 0.100 e. The van der Waals surface area contributed by atoms with Crippen molar-refractivity contribution in [2.24, 2.45) is 4.99 Å². The predicted octanol–water partition coefficient (Wildman–Crippen LogP) is 5.03. The average molecular weight is 242 g/mol. The monoisotopic (exact) mass is 241 g/mol. The van der Waals surface area contributed by atoms with E-state index in [0.29, 0.717) is 10.0 Å². The second kappa shape index (κ2) is 5.00. The van der Waals surface area contributed by atoms with E-state index in [1.54, 1.807) is 0 Å². The van der Waals surface area contributed by atoms with Gasteiger partial charge in [0.05, 0.1) is 10.0 Å². The van der Waals surface area contributed by atoms with E-state index in [1.807, 2.05) is 18.2 Å². The first-order chi connectivity index (χ1) is 7.27. The molecule has 0 heterocycles. The summed E-state index contributed by atoms with van der Waals surface area (Å²) in [7, 11) is 0. The minimum Gasteiger partial charge on any atom is -0.255 e. The van der Waals surface area contributed by atoms with E-state index in [0.717, 1.165) is 18.5 Å². The van der Waals surface area contributed by atoms with E-state index in [9.17, 15) is 0 Å². The van der Waals surface area contributed by atoms with Crippen LogP contribution in [0.15, 0.2) is 23.2 Å². The molecule has 15 heavy (non-hydrogen) atoms. The van der Waals surface area contributed by atoms with E-state index >= 15 is 0 Å². The predicted molar refractivity (Wildman–Crippen MR) is 66.6 cm³/mol. The highest BCUT2D eigenvalue weighted by Gasteiger charge is 2.09. The molecule has 80 valence electrons. The van der Waals surface area contributed by atoms with Crippen LogP contribution in [-0.2, 0) is 0 Å². The molecule has 1 aliphatic rings. The number of hydrogen-bond donors (Lipinski definition) is 0. The first-order valence-corrected chi connectivity index (χ1v) is 6.03. The number of nitrogens with zero attached hydrogens (tertiary/aromatic N) is 1. The summed E-state index contributed by atoms with van der Waals surface area (Å²) in [6.07, 6.45) is 5.96. The summed E-state index contributed by atoms with van der Waals surface area (Å²) in [6, 6.07) is 5.50. The van der Waals surface area contributed by atoms with E-state index < -0.39 is 0 Å². The first-order valence-electron chi connectivity index (χ1n) is 5.28. The highest BCUT2D eigenvalue weighted by molar-refractivity contribution is 6.38. The Bertz CT molecular complexity index is 357. The number of hydrogen-bond acceptors (Lipinski definition) is 1. The lowest BCUT2D eigenvalue weighted by atomic mass is 9.98. The molecule has 1 nitrogen and oxygen atoms in total. The Morgan fingerprint density at radius 2 is 1.53 bits per heavy atom. The van der Waals surface area contributed by atoms with Gasteiger partial charge in [0.1, 0.15) is 5.69 Å². The Kier molecular flexibility index (Phi) is 3.66. The zero-order valence-electron chi connectivity index (χ0n) is 8.47. The molecule has 2 rings (SSSR count). The molecular formula is C12H13Cl2N. The summed E-state index contributed by atoms with van der Waals surface area (Å²) in [5.74, 6) is 0. The number of benzene rings is 1. The zero-order valence-corrected chi connectivity index (χ0v) is 9.98. The molecule has 0 aromatic heterocycles. The molecule has 0 atom stereocenters. The van der Waals surface area contributed by atoms with Crippen molar-refractivity contribution in [3.8, 4) is 0 Å². The summed E-state index contributed by atoms with van der Waals surface area (Å²) in [6.45, 7) is 0. The average Bonchev–Trinajstić information content (AvgIpc) is 2.25. The fourth-order valence-electron chi connectivity index (χ4n) is 1.83. The largest absolute Gasteiger partial charge is 0.255 e. The zero-order chi connectivity index (χ0) is 10.7. The van der Waals surface area contributed by atoms with E-state index in [-0.39, 0.29) is 0 Å². The Hall–Kier alpha value is -0.530. The van der Waals surface area contributed by atoms with E-state index in [4.69, 9.17) is 23.2 Å². The van der Waals surface area contributed by atoms with Gasteiger partial charge in [-0.3, -0.25) is 4.99 Å². The number of aliphatic imine (C=N–C) groups is 1. The van der Waals surface area contributed by atoms with Crippen molar-refractivity contribution in [3.05, 3.63) is 28.2 Å². The van der Waals surface area contributed by atoms with Crippen molar-refractivity contribution in [1.82, 2.24) is 0 Å². The molecule has 0 spiro atoms. The fraction of sp³-hybridized carbons (Fsp3) is 0.417. The van der Waals surface area contributed by atoms with Crippen LogP contribution in [0, 0.1) is 0 Å². The maximum Gasteiger partial charge on any atom is 0.100 e. The van der Waals surface area contributed by atoms with Gasteiger partial charge < -0.3 is 0 Å². The second-order valence-corrected chi connectivity index (χ2v) is 4.62. The Labute approximate surface area is 100 Å². The van der Waals surface area contributed by atoms with Gasteiger partial charge in [-0.25, -0.2) is 0 Å². The van der Waals surface area contributed by atoms with Crippen LogP contribution in [-0.4, -0.2) is 5.71 Å². The Morgan fingerprint density at radius 1 is 0.933 bits per heavy atom. The lowest BCUT2D eigenvalue weighted by Gasteiger charge is -2.13.